The number of unbranched alkanes of at least 4 members (excludes halogenated alkanes) is 2. The molecule has 0 saturated carbocycles. The summed E-state index contributed by atoms with van der Waals surface area (Å²) in [6.07, 6.45) is 4.71. The molecule has 0 fully saturated rings. The molecule has 0 spiro atoms. The van der Waals surface area contributed by atoms with Gasteiger partial charge in [0.15, 0.2) is 0 Å². The van der Waals surface area contributed by atoms with Gasteiger partial charge in [-0.1, -0.05) is 33.2 Å². The molecule has 0 atom stereocenters. The van der Waals surface area contributed by atoms with Gasteiger partial charge in [0.2, 0.25) is 0 Å². The van der Waals surface area contributed by atoms with Crippen molar-refractivity contribution in [3.05, 3.63) is 0 Å². The molecule has 0 saturated heterocycles. The van der Waals surface area contributed by atoms with Gasteiger partial charge in [-0.25, -0.2) is 0 Å². The van der Waals surface area contributed by atoms with Crippen LogP contribution in [0.5, 0.6) is 0 Å². The van der Waals surface area contributed by atoms with Crippen LogP contribution in [0.1, 0.15) is 39.5 Å². The summed E-state index contributed by atoms with van der Waals surface area (Å²) in [4.78, 5) is 0. The molecular weight excluding hydrogens is 180 g/mol. The third kappa shape index (κ3) is 8.47. The van der Waals surface area contributed by atoms with E-state index in [9.17, 15) is 0 Å². The van der Waals surface area contributed by atoms with Gasteiger partial charge in [0.05, 0.1) is 9.52 Å². The van der Waals surface area contributed by atoms with E-state index < -0.39 is 0 Å². The van der Waals surface area contributed by atoms with E-state index in [-0.39, 0.29) is 15.4 Å². The molecule has 0 N–H and O–H groups in total. The Morgan fingerprint density at radius 3 is 1.77 bits per heavy atom. The Balaban J connectivity index is 3.28. The second kappa shape index (κ2) is 10.2. The molecule has 0 radical (unpaired) electrons. The second-order valence-corrected chi connectivity index (χ2v) is 4.77. The monoisotopic (exact) mass is 204 g/mol. The fourth-order valence-electron chi connectivity index (χ4n) is 1.00. The van der Waals surface area contributed by atoms with Crippen molar-refractivity contribution in [3.8, 4) is 0 Å². The Labute approximate surface area is 84.8 Å². The number of ether oxygens (including phenoxy) is 2. The minimum atomic E-state index is -0.172. The minimum absolute atomic E-state index is 0.165. The highest BCUT2D eigenvalue weighted by Gasteiger charge is 2.05. The quantitative estimate of drug-likeness (QED) is 0.325. The van der Waals surface area contributed by atoms with Crippen molar-refractivity contribution >= 4 is 9.52 Å². The average molecular weight is 204 g/mol. The highest BCUT2D eigenvalue weighted by atomic mass is 28.2. The van der Waals surface area contributed by atoms with E-state index >= 15 is 0 Å². The zero-order valence-corrected chi connectivity index (χ0v) is 10.8. The van der Waals surface area contributed by atoms with Crippen LogP contribution in [-0.2, 0) is 9.47 Å². The van der Waals surface area contributed by atoms with Crippen molar-refractivity contribution in [1.29, 1.82) is 0 Å². The fourth-order valence-corrected chi connectivity index (χ4v) is 1.81. The average Bonchev–Trinajstić information content (AvgIpc) is 2.16. The third-order valence-corrected chi connectivity index (χ3v) is 3.07. The van der Waals surface area contributed by atoms with E-state index in [0.717, 1.165) is 26.1 Å². The van der Waals surface area contributed by atoms with Crippen molar-refractivity contribution in [2.24, 2.45) is 0 Å². The zero-order valence-electron chi connectivity index (χ0n) is 9.34. The van der Waals surface area contributed by atoms with Crippen LogP contribution in [-0.4, -0.2) is 28.6 Å². The highest BCUT2D eigenvalue weighted by Crippen LogP contribution is 1.98. The van der Waals surface area contributed by atoms with E-state index in [4.69, 9.17) is 9.47 Å². The summed E-state index contributed by atoms with van der Waals surface area (Å²) in [5.74, 6) is 0.165. The molecule has 0 aliphatic rings. The van der Waals surface area contributed by atoms with Crippen LogP contribution in [0.25, 0.3) is 0 Å². The molecule has 0 aromatic carbocycles. The lowest BCUT2D eigenvalue weighted by molar-refractivity contribution is -0.0916. The van der Waals surface area contributed by atoms with Gasteiger partial charge in [-0.05, 0) is 12.8 Å². The molecule has 13 heavy (non-hydrogen) atoms. The van der Waals surface area contributed by atoms with Crippen LogP contribution in [0, 0.1) is 0 Å². The molecule has 0 unspecified atom stereocenters. The number of hydrogen-bond acceptors (Lipinski definition) is 2. The van der Waals surface area contributed by atoms with Crippen molar-refractivity contribution < 1.29 is 9.47 Å². The Morgan fingerprint density at radius 1 is 1.00 bits per heavy atom. The van der Waals surface area contributed by atoms with Gasteiger partial charge in [0, 0.05) is 13.2 Å². The van der Waals surface area contributed by atoms with Crippen molar-refractivity contribution in [2.45, 2.75) is 52.0 Å². The molecule has 0 bridgehead atoms. The van der Waals surface area contributed by atoms with Gasteiger partial charge in [0.25, 0.3) is 0 Å². The second-order valence-electron chi connectivity index (χ2n) is 3.29. The van der Waals surface area contributed by atoms with E-state index in [0.29, 0.717) is 0 Å². The topological polar surface area (TPSA) is 18.5 Å². The summed E-state index contributed by atoms with van der Waals surface area (Å²) in [5, 5.41) is 0. The molecule has 0 aliphatic carbocycles. The Kier molecular flexibility index (Phi) is 10.3. The maximum absolute atomic E-state index is 5.62. The molecule has 80 valence electrons. The lowest BCUT2D eigenvalue weighted by Crippen LogP contribution is -2.23. The summed E-state index contributed by atoms with van der Waals surface area (Å²) < 4.78 is 11.2. The standard InChI is InChI=1S/C10H24O2Si/c1-4-6-8-11-10(13-3)12-9-7-5-2/h10H,4-9,13H2,1-3H3. The van der Waals surface area contributed by atoms with E-state index in [1.807, 2.05) is 0 Å². The SMILES string of the molecule is CCCCOC(OCCCC)[SiH2]C. The van der Waals surface area contributed by atoms with Crippen molar-refractivity contribution in [1.82, 2.24) is 0 Å². The van der Waals surface area contributed by atoms with Crippen LogP contribution < -0.4 is 0 Å². The summed E-state index contributed by atoms with van der Waals surface area (Å²) in [6.45, 7) is 8.34. The van der Waals surface area contributed by atoms with Crippen LogP contribution >= 0.6 is 0 Å². The molecule has 0 aromatic rings. The summed E-state index contributed by atoms with van der Waals surface area (Å²) in [7, 11) is -0.172. The maximum Gasteiger partial charge on any atom is 0.134 e. The zero-order chi connectivity index (χ0) is 9.94. The Morgan fingerprint density at radius 2 is 1.46 bits per heavy atom. The molecule has 0 aromatic heterocycles. The van der Waals surface area contributed by atoms with Crippen molar-refractivity contribution in [2.75, 3.05) is 13.2 Å². The maximum atomic E-state index is 5.62. The van der Waals surface area contributed by atoms with Gasteiger partial charge in [-0.15, -0.1) is 0 Å². The first-order valence-electron chi connectivity index (χ1n) is 5.58. The number of rotatable bonds is 9. The van der Waals surface area contributed by atoms with Crippen molar-refractivity contribution in [3.63, 3.8) is 0 Å². The first kappa shape index (κ1) is 13.1. The van der Waals surface area contributed by atoms with Gasteiger partial charge in [-0.3, -0.25) is 0 Å². The molecule has 2 nitrogen and oxygen atoms in total. The fraction of sp³-hybridized carbons (Fsp3) is 1.00. The predicted molar refractivity (Wildman–Crippen MR) is 59.9 cm³/mol. The summed E-state index contributed by atoms with van der Waals surface area (Å²) >= 11 is 0. The molecule has 0 aliphatic heterocycles. The first-order valence-corrected chi connectivity index (χ1v) is 7.81. The smallest absolute Gasteiger partial charge is 0.134 e. The lowest BCUT2D eigenvalue weighted by Gasteiger charge is -2.16. The summed E-state index contributed by atoms with van der Waals surface area (Å²) in [6, 6.07) is 0. The molecule has 3 heteroatoms. The molecular formula is C10H24O2Si. The molecule has 0 rings (SSSR count). The number of hydrogen-bond donors (Lipinski definition) is 0. The lowest BCUT2D eigenvalue weighted by atomic mass is 10.4. The Hall–Kier alpha value is 0.137. The van der Waals surface area contributed by atoms with Gasteiger partial charge in [-0.2, -0.15) is 0 Å². The van der Waals surface area contributed by atoms with E-state index in [1.54, 1.807) is 0 Å². The third-order valence-electron chi connectivity index (χ3n) is 1.94. The Bertz CT molecular complexity index is 88.9. The molecule has 0 amide bonds. The van der Waals surface area contributed by atoms with Gasteiger partial charge >= 0.3 is 0 Å². The first-order chi connectivity index (χ1) is 6.35. The summed E-state index contributed by atoms with van der Waals surface area (Å²) in [5.41, 5.74) is 0. The van der Waals surface area contributed by atoms with E-state index in [1.165, 1.54) is 12.8 Å². The van der Waals surface area contributed by atoms with Gasteiger partial charge in [0.1, 0.15) is 5.91 Å². The van der Waals surface area contributed by atoms with Gasteiger partial charge < -0.3 is 9.47 Å². The minimum Gasteiger partial charge on any atom is -0.357 e. The van der Waals surface area contributed by atoms with Crippen LogP contribution in [0.15, 0.2) is 0 Å². The van der Waals surface area contributed by atoms with E-state index in [2.05, 4.69) is 20.4 Å². The normalized spacial score (nSPS) is 12.0. The van der Waals surface area contributed by atoms with Crippen LogP contribution in [0.3, 0.4) is 0 Å². The largest absolute Gasteiger partial charge is 0.357 e. The predicted octanol–water partition coefficient (Wildman–Crippen LogP) is 2.12. The molecule has 0 heterocycles. The highest BCUT2D eigenvalue weighted by molar-refractivity contribution is 6.34. The van der Waals surface area contributed by atoms with Crippen LogP contribution in [0.2, 0.25) is 6.55 Å². The van der Waals surface area contributed by atoms with Crippen LogP contribution in [0.4, 0.5) is 0 Å².